The minimum Gasteiger partial charge on any atom is -0.374 e. The van der Waals surface area contributed by atoms with Crippen LogP contribution in [0.2, 0.25) is 0 Å². The lowest BCUT2D eigenvalue weighted by atomic mass is 10.5. The van der Waals surface area contributed by atoms with E-state index in [-0.39, 0.29) is 0 Å². The third-order valence-corrected chi connectivity index (χ3v) is 3.06. The van der Waals surface area contributed by atoms with Gasteiger partial charge in [-0.05, 0) is 29.1 Å². The molecule has 0 atom stereocenters. The van der Waals surface area contributed by atoms with Gasteiger partial charge in [-0.2, -0.15) is 0 Å². The lowest BCUT2D eigenvalue weighted by Gasteiger charge is -2.06. The van der Waals surface area contributed by atoms with Gasteiger partial charge in [-0.15, -0.1) is 5.10 Å². The highest BCUT2D eigenvalue weighted by Gasteiger charge is 2.09. The number of nitrogens with one attached hydrogen (secondary N) is 1. The molecule has 0 saturated heterocycles. The first-order chi connectivity index (χ1) is 9.22. The molecule has 0 spiro atoms. The Morgan fingerprint density at radius 2 is 2.32 bits per heavy atom. The minimum atomic E-state index is 0.330. The van der Waals surface area contributed by atoms with Crippen LogP contribution in [0.25, 0.3) is 0 Å². The van der Waals surface area contributed by atoms with Gasteiger partial charge in [0, 0.05) is 19.7 Å². The monoisotopic (exact) mass is 282 g/mol. The molecule has 0 aromatic carbocycles. The molecule has 102 valence electrons. The lowest BCUT2D eigenvalue weighted by molar-refractivity contribution is 0.128. The highest BCUT2D eigenvalue weighted by Crippen LogP contribution is 2.24. The molecule has 0 aliphatic carbocycles. The number of nitrogens with two attached hydrogens (primary N) is 1. The van der Waals surface area contributed by atoms with Crippen molar-refractivity contribution < 1.29 is 4.74 Å². The van der Waals surface area contributed by atoms with E-state index in [9.17, 15) is 0 Å². The summed E-state index contributed by atoms with van der Waals surface area (Å²) in [5, 5.41) is 12.5. The molecule has 0 aliphatic heterocycles. The second-order valence-electron chi connectivity index (χ2n) is 3.48. The van der Waals surface area contributed by atoms with Gasteiger partial charge in [0.15, 0.2) is 5.82 Å². The van der Waals surface area contributed by atoms with Crippen molar-refractivity contribution in [3.8, 4) is 0 Å². The van der Waals surface area contributed by atoms with Crippen LogP contribution in [0.3, 0.4) is 0 Å². The fourth-order valence-corrected chi connectivity index (χ4v) is 2.01. The molecular formula is C9H14N8OS. The van der Waals surface area contributed by atoms with Crippen LogP contribution in [0.15, 0.2) is 16.2 Å². The first-order valence-corrected chi connectivity index (χ1v) is 6.37. The zero-order valence-corrected chi connectivity index (χ0v) is 11.4. The molecule has 0 bridgehead atoms. The van der Waals surface area contributed by atoms with Crippen LogP contribution in [-0.2, 0) is 18.4 Å². The van der Waals surface area contributed by atoms with Crippen LogP contribution in [-0.4, -0.2) is 36.8 Å². The van der Waals surface area contributed by atoms with Crippen molar-refractivity contribution in [2.75, 3.05) is 12.0 Å². The molecule has 19 heavy (non-hydrogen) atoms. The topological polar surface area (TPSA) is 117 Å². The van der Waals surface area contributed by atoms with Gasteiger partial charge < -0.3 is 10.2 Å². The van der Waals surface area contributed by atoms with Crippen molar-refractivity contribution in [3.63, 3.8) is 0 Å². The number of hydrogen-bond donors (Lipinski definition) is 2. The predicted molar refractivity (Wildman–Crippen MR) is 68.1 cm³/mol. The molecule has 9 nitrogen and oxygen atoms in total. The van der Waals surface area contributed by atoms with Gasteiger partial charge in [-0.1, -0.05) is 0 Å². The molecule has 10 heteroatoms. The fourth-order valence-electron chi connectivity index (χ4n) is 1.26. The Bertz CT molecular complexity index is 545. The zero-order chi connectivity index (χ0) is 13.7. The van der Waals surface area contributed by atoms with Gasteiger partial charge in [-0.25, -0.2) is 20.5 Å². The van der Waals surface area contributed by atoms with Crippen LogP contribution in [0.1, 0.15) is 12.7 Å². The molecular weight excluding hydrogens is 268 g/mol. The highest BCUT2D eigenvalue weighted by molar-refractivity contribution is 7.99. The Labute approximate surface area is 113 Å². The van der Waals surface area contributed by atoms with Gasteiger partial charge in [0.1, 0.15) is 17.5 Å². The van der Waals surface area contributed by atoms with Gasteiger partial charge in [0.2, 0.25) is 5.16 Å². The molecule has 2 aromatic heterocycles. The average Bonchev–Trinajstić information content (AvgIpc) is 2.81. The third kappa shape index (κ3) is 3.59. The van der Waals surface area contributed by atoms with Crippen molar-refractivity contribution in [1.29, 1.82) is 0 Å². The summed E-state index contributed by atoms with van der Waals surface area (Å²) < 4.78 is 6.84. The number of hydrazine groups is 1. The van der Waals surface area contributed by atoms with Crippen molar-refractivity contribution in [1.82, 2.24) is 30.2 Å². The molecule has 0 saturated carbocycles. The standard InChI is InChI=1S/C9H14N8OS/c1-3-18-5-7-11-6(13-10)4-8(12-7)19-9-14-15-16-17(9)2/h4H,3,5,10H2,1-2H3,(H,11,12,13). The summed E-state index contributed by atoms with van der Waals surface area (Å²) in [6.07, 6.45) is 0. The SMILES string of the molecule is CCOCc1nc(NN)cc(Sc2nnnn2C)n1. The number of hydrogen-bond acceptors (Lipinski definition) is 9. The second kappa shape index (κ2) is 6.41. The summed E-state index contributed by atoms with van der Waals surface area (Å²) in [6, 6.07) is 1.72. The summed E-state index contributed by atoms with van der Waals surface area (Å²) in [5.74, 6) is 6.45. The Morgan fingerprint density at radius 3 is 2.95 bits per heavy atom. The van der Waals surface area contributed by atoms with Crippen LogP contribution in [0.5, 0.6) is 0 Å². The van der Waals surface area contributed by atoms with E-state index in [1.165, 1.54) is 11.8 Å². The number of rotatable bonds is 6. The Kier molecular flexibility index (Phi) is 4.60. The second-order valence-corrected chi connectivity index (χ2v) is 4.46. The maximum Gasteiger partial charge on any atom is 0.215 e. The van der Waals surface area contributed by atoms with Crippen LogP contribution < -0.4 is 11.3 Å². The number of aromatic nitrogens is 6. The predicted octanol–water partition coefficient (Wildman–Crippen LogP) is -0.0266. The highest BCUT2D eigenvalue weighted by atomic mass is 32.2. The number of aryl methyl sites for hydroxylation is 1. The van der Waals surface area contributed by atoms with E-state index in [0.29, 0.717) is 35.0 Å². The average molecular weight is 282 g/mol. The van der Waals surface area contributed by atoms with Crippen molar-refractivity contribution in [2.24, 2.45) is 12.9 Å². The van der Waals surface area contributed by atoms with Crippen molar-refractivity contribution in [3.05, 3.63) is 11.9 Å². The normalized spacial score (nSPS) is 10.7. The maximum atomic E-state index is 5.38. The van der Waals surface area contributed by atoms with E-state index in [4.69, 9.17) is 10.6 Å². The summed E-state index contributed by atoms with van der Waals surface area (Å²) in [5.41, 5.74) is 2.50. The first kappa shape index (κ1) is 13.6. The molecule has 2 aromatic rings. The lowest BCUT2D eigenvalue weighted by Crippen LogP contribution is -2.11. The zero-order valence-electron chi connectivity index (χ0n) is 10.6. The van der Waals surface area contributed by atoms with E-state index in [1.54, 1.807) is 17.8 Å². The van der Waals surface area contributed by atoms with Crippen LogP contribution >= 0.6 is 11.8 Å². The van der Waals surface area contributed by atoms with Crippen molar-refractivity contribution >= 4 is 17.6 Å². The third-order valence-electron chi connectivity index (χ3n) is 2.11. The Balaban J connectivity index is 2.21. The van der Waals surface area contributed by atoms with E-state index >= 15 is 0 Å². The molecule has 2 rings (SSSR count). The molecule has 0 radical (unpaired) electrons. The van der Waals surface area contributed by atoms with Crippen LogP contribution in [0, 0.1) is 0 Å². The molecule has 0 aliphatic rings. The van der Waals surface area contributed by atoms with Crippen LogP contribution in [0.4, 0.5) is 5.82 Å². The molecule has 2 heterocycles. The molecule has 0 unspecified atom stereocenters. The number of ether oxygens (including phenoxy) is 1. The van der Waals surface area contributed by atoms with Crippen molar-refractivity contribution in [2.45, 2.75) is 23.7 Å². The number of anilines is 1. The quantitative estimate of drug-likeness (QED) is 0.428. The summed E-state index contributed by atoms with van der Waals surface area (Å²) >= 11 is 1.32. The maximum absolute atomic E-state index is 5.38. The minimum absolute atomic E-state index is 0.330. The van der Waals surface area contributed by atoms with Gasteiger partial charge in [0.05, 0.1) is 0 Å². The van der Waals surface area contributed by atoms with Gasteiger partial charge in [0.25, 0.3) is 0 Å². The first-order valence-electron chi connectivity index (χ1n) is 5.55. The molecule has 0 amide bonds. The Morgan fingerprint density at radius 1 is 1.47 bits per heavy atom. The van der Waals surface area contributed by atoms with E-state index in [2.05, 4.69) is 30.9 Å². The van der Waals surface area contributed by atoms with E-state index in [1.807, 2.05) is 6.92 Å². The Hall–Kier alpha value is -1.78. The summed E-state index contributed by atoms with van der Waals surface area (Å²) in [7, 11) is 1.76. The largest absolute Gasteiger partial charge is 0.374 e. The van der Waals surface area contributed by atoms with E-state index in [0.717, 1.165) is 0 Å². The smallest absolute Gasteiger partial charge is 0.215 e. The number of nitrogens with zero attached hydrogens (tertiary/aromatic N) is 6. The molecule has 0 fully saturated rings. The van der Waals surface area contributed by atoms with E-state index < -0.39 is 0 Å². The number of nitrogen functional groups attached to an aromatic ring is 1. The fraction of sp³-hybridized carbons (Fsp3) is 0.444. The summed E-state index contributed by atoms with van der Waals surface area (Å²) in [4.78, 5) is 8.55. The van der Waals surface area contributed by atoms with Gasteiger partial charge >= 0.3 is 0 Å². The number of tetrazole rings is 1. The summed E-state index contributed by atoms with van der Waals surface area (Å²) in [6.45, 7) is 2.84. The van der Waals surface area contributed by atoms with Gasteiger partial charge in [-0.3, -0.25) is 0 Å². The molecule has 3 N–H and O–H groups in total.